The Hall–Kier alpha value is -0.780. The summed E-state index contributed by atoms with van der Waals surface area (Å²) in [7, 11) is 0. The number of nitrogens with zero attached hydrogens (tertiary/aromatic N) is 1. The number of phenols is 1. The molecular formula is C10H8BrClN2OS. The molecule has 0 saturated carbocycles. The van der Waals surface area contributed by atoms with Gasteiger partial charge in [0.05, 0.1) is 12.2 Å². The van der Waals surface area contributed by atoms with Crippen molar-refractivity contribution in [3.63, 3.8) is 0 Å². The fraction of sp³-hybridized carbons (Fsp3) is 0.100. The molecule has 1 heterocycles. The molecule has 1 aromatic carbocycles. The van der Waals surface area contributed by atoms with Gasteiger partial charge in [0, 0.05) is 15.5 Å². The molecule has 0 radical (unpaired) electrons. The van der Waals surface area contributed by atoms with E-state index in [9.17, 15) is 5.11 Å². The molecule has 0 amide bonds. The zero-order chi connectivity index (χ0) is 11.5. The second-order valence-corrected chi connectivity index (χ2v) is 5.71. The number of phenolic OH excluding ortho intramolecular Hbond substituents is 1. The van der Waals surface area contributed by atoms with Gasteiger partial charge in [-0.3, -0.25) is 0 Å². The van der Waals surface area contributed by atoms with Crippen LogP contribution in [0.2, 0.25) is 4.47 Å². The Balaban J connectivity index is 2.04. The maximum absolute atomic E-state index is 9.64. The molecule has 16 heavy (non-hydrogen) atoms. The van der Waals surface area contributed by atoms with Crippen LogP contribution in [0.15, 0.2) is 28.9 Å². The lowest BCUT2D eigenvalue weighted by molar-refractivity contribution is 0.477. The van der Waals surface area contributed by atoms with Crippen LogP contribution in [0.3, 0.4) is 0 Å². The van der Waals surface area contributed by atoms with Crippen LogP contribution in [0.25, 0.3) is 0 Å². The summed E-state index contributed by atoms with van der Waals surface area (Å²) in [5.74, 6) is 0.213. The van der Waals surface area contributed by atoms with Crippen LogP contribution < -0.4 is 5.32 Å². The standard InChI is InChI=1S/C10H8BrClN2OS/c11-6-1-2-8(9(15)3-6)13-4-7-5-14-10(12)16-7/h1-3,5,13,15H,4H2. The first kappa shape index (κ1) is 11.7. The van der Waals surface area contributed by atoms with Gasteiger partial charge in [-0.15, -0.1) is 11.3 Å². The van der Waals surface area contributed by atoms with E-state index in [0.717, 1.165) is 9.35 Å². The van der Waals surface area contributed by atoms with Crippen molar-refractivity contribution in [1.82, 2.24) is 4.98 Å². The van der Waals surface area contributed by atoms with Crippen LogP contribution in [0, 0.1) is 0 Å². The van der Waals surface area contributed by atoms with Crippen LogP contribution >= 0.6 is 38.9 Å². The molecule has 0 saturated heterocycles. The molecule has 0 aliphatic rings. The lowest BCUT2D eigenvalue weighted by Gasteiger charge is -2.06. The molecular weight excluding hydrogens is 312 g/mol. The predicted octanol–water partition coefficient (Wildman–Crippen LogP) is 3.88. The van der Waals surface area contributed by atoms with E-state index in [1.165, 1.54) is 11.3 Å². The molecule has 2 aromatic rings. The summed E-state index contributed by atoms with van der Waals surface area (Å²) >= 11 is 10.4. The molecule has 3 nitrogen and oxygen atoms in total. The molecule has 1 aromatic heterocycles. The highest BCUT2D eigenvalue weighted by molar-refractivity contribution is 9.10. The molecule has 2 rings (SSSR count). The second-order valence-electron chi connectivity index (χ2n) is 3.09. The quantitative estimate of drug-likeness (QED) is 0.844. The zero-order valence-electron chi connectivity index (χ0n) is 8.08. The first-order valence-electron chi connectivity index (χ1n) is 4.48. The number of nitrogens with one attached hydrogen (secondary N) is 1. The normalized spacial score (nSPS) is 10.4. The minimum Gasteiger partial charge on any atom is -0.506 e. The largest absolute Gasteiger partial charge is 0.506 e. The summed E-state index contributed by atoms with van der Waals surface area (Å²) in [6.07, 6.45) is 1.72. The smallest absolute Gasteiger partial charge is 0.183 e. The van der Waals surface area contributed by atoms with E-state index >= 15 is 0 Å². The molecule has 0 aliphatic carbocycles. The Morgan fingerprint density at radius 1 is 1.50 bits per heavy atom. The Morgan fingerprint density at radius 3 is 2.94 bits per heavy atom. The molecule has 0 spiro atoms. The average Bonchev–Trinajstić information content (AvgIpc) is 2.63. The van der Waals surface area contributed by atoms with E-state index in [1.807, 2.05) is 12.1 Å². The highest BCUT2D eigenvalue weighted by Gasteiger charge is 2.03. The maximum atomic E-state index is 9.64. The fourth-order valence-corrected chi connectivity index (χ4v) is 2.47. The van der Waals surface area contributed by atoms with Gasteiger partial charge < -0.3 is 10.4 Å². The Morgan fingerprint density at radius 2 is 2.31 bits per heavy atom. The highest BCUT2D eigenvalue weighted by atomic mass is 79.9. The van der Waals surface area contributed by atoms with Crippen LogP contribution in [0.4, 0.5) is 5.69 Å². The molecule has 84 valence electrons. The Labute approximate surface area is 110 Å². The summed E-state index contributed by atoms with van der Waals surface area (Å²) in [4.78, 5) is 4.96. The van der Waals surface area contributed by atoms with Crippen molar-refractivity contribution in [2.24, 2.45) is 0 Å². The van der Waals surface area contributed by atoms with Gasteiger partial charge in [-0.2, -0.15) is 0 Å². The van der Waals surface area contributed by atoms with Crippen molar-refractivity contribution in [1.29, 1.82) is 0 Å². The summed E-state index contributed by atoms with van der Waals surface area (Å²) in [6.45, 7) is 0.597. The number of thiazole rings is 1. The van der Waals surface area contributed by atoms with Gasteiger partial charge in [0.1, 0.15) is 5.75 Å². The van der Waals surface area contributed by atoms with Crippen molar-refractivity contribution in [3.05, 3.63) is 38.2 Å². The van der Waals surface area contributed by atoms with E-state index < -0.39 is 0 Å². The van der Waals surface area contributed by atoms with Gasteiger partial charge in [-0.25, -0.2) is 4.98 Å². The fourth-order valence-electron chi connectivity index (χ4n) is 1.20. The number of anilines is 1. The summed E-state index contributed by atoms with van der Waals surface area (Å²) in [6, 6.07) is 5.31. The van der Waals surface area contributed by atoms with Gasteiger partial charge in [-0.05, 0) is 18.2 Å². The van der Waals surface area contributed by atoms with Crippen LogP contribution in [-0.4, -0.2) is 10.1 Å². The first-order chi connectivity index (χ1) is 7.65. The molecule has 0 aliphatic heterocycles. The third kappa shape index (κ3) is 2.87. The SMILES string of the molecule is Oc1cc(Br)ccc1NCc1cnc(Cl)s1. The van der Waals surface area contributed by atoms with E-state index in [0.29, 0.717) is 16.7 Å². The number of hydrogen-bond donors (Lipinski definition) is 2. The average molecular weight is 320 g/mol. The van der Waals surface area contributed by atoms with Gasteiger partial charge in [0.2, 0.25) is 0 Å². The van der Waals surface area contributed by atoms with Gasteiger partial charge in [0.25, 0.3) is 0 Å². The van der Waals surface area contributed by atoms with Gasteiger partial charge in [-0.1, -0.05) is 27.5 Å². The number of halogens is 2. The monoisotopic (exact) mass is 318 g/mol. The van der Waals surface area contributed by atoms with Crippen LogP contribution in [0.1, 0.15) is 4.88 Å². The van der Waals surface area contributed by atoms with Crippen molar-refractivity contribution in [2.75, 3.05) is 5.32 Å². The van der Waals surface area contributed by atoms with Crippen molar-refractivity contribution in [3.8, 4) is 5.75 Å². The number of rotatable bonds is 3. The van der Waals surface area contributed by atoms with Crippen LogP contribution in [-0.2, 0) is 6.54 Å². The van der Waals surface area contributed by atoms with Gasteiger partial charge in [0.15, 0.2) is 4.47 Å². The van der Waals surface area contributed by atoms with E-state index in [4.69, 9.17) is 11.6 Å². The summed E-state index contributed by atoms with van der Waals surface area (Å²) in [5.41, 5.74) is 0.688. The maximum Gasteiger partial charge on any atom is 0.183 e. The third-order valence-corrected chi connectivity index (χ3v) is 3.55. The predicted molar refractivity (Wildman–Crippen MR) is 70.3 cm³/mol. The molecule has 2 N–H and O–H groups in total. The minimum atomic E-state index is 0.213. The molecule has 0 fully saturated rings. The van der Waals surface area contributed by atoms with E-state index in [1.54, 1.807) is 12.3 Å². The third-order valence-electron chi connectivity index (χ3n) is 1.94. The number of benzene rings is 1. The lowest BCUT2D eigenvalue weighted by Crippen LogP contribution is -1.97. The highest BCUT2D eigenvalue weighted by Crippen LogP contribution is 2.28. The van der Waals surface area contributed by atoms with E-state index in [2.05, 4.69) is 26.2 Å². The topological polar surface area (TPSA) is 45.1 Å². The van der Waals surface area contributed by atoms with Gasteiger partial charge >= 0.3 is 0 Å². The zero-order valence-corrected chi connectivity index (χ0v) is 11.2. The second kappa shape index (κ2) is 5.03. The summed E-state index contributed by atoms with van der Waals surface area (Å²) in [5, 5.41) is 12.8. The Kier molecular flexibility index (Phi) is 3.68. The van der Waals surface area contributed by atoms with Crippen LogP contribution in [0.5, 0.6) is 5.75 Å². The number of aromatic hydroxyl groups is 1. The molecule has 0 bridgehead atoms. The van der Waals surface area contributed by atoms with Crippen molar-refractivity contribution in [2.45, 2.75) is 6.54 Å². The van der Waals surface area contributed by atoms with E-state index in [-0.39, 0.29) is 5.75 Å². The number of hydrogen-bond acceptors (Lipinski definition) is 4. The molecule has 6 heteroatoms. The lowest BCUT2D eigenvalue weighted by atomic mass is 10.3. The molecule has 0 unspecified atom stereocenters. The summed E-state index contributed by atoms with van der Waals surface area (Å²) < 4.78 is 1.37. The minimum absolute atomic E-state index is 0.213. The van der Waals surface area contributed by atoms with Crippen molar-refractivity contribution >= 4 is 44.6 Å². The van der Waals surface area contributed by atoms with Crippen molar-refractivity contribution < 1.29 is 5.11 Å². The first-order valence-corrected chi connectivity index (χ1v) is 6.46. The Bertz CT molecular complexity index is 503. The number of aromatic nitrogens is 1. The molecule has 0 atom stereocenters.